The van der Waals surface area contributed by atoms with Gasteiger partial charge in [-0.25, -0.2) is 9.78 Å². The third kappa shape index (κ3) is 4.40. The van der Waals surface area contributed by atoms with E-state index < -0.39 is 29.0 Å². The molecule has 0 bridgehead atoms. The highest BCUT2D eigenvalue weighted by atomic mass is 28.5. The molecule has 0 aromatic carbocycles. The van der Waals surface area contributed by atoms with E-state index in [9.17, 15) is 4.79 Å². The van der Waals surface area contributed by atoms with E-state index in [2.05, 4.69) is 65.4 Å². The summed E-state index contributed by atoms with van der Waals surface area (Å²) in [5.74, 6) is -0.0473. The Hall–Kier alpha value is -1.12. The molecule has 2 aliphatic rings. The van der Waals surface area contributed by atoms with Gasteiger partial charge in [-0.15, -0.1) is 0 Å². The number of hydrogen-bond donors (Lipinski definition) is 1. The third-order valence-electron chi connectivity index (χ3n) is 6.58. The largest absolute Gasteiger partial charge is 0.414 e. The molecule has 0 radical (unpaired) electrons. The zero-order chi connectivity index (χ0) is 23.1. The van der Waals surface area contributed by atoms with Crippen LogP contribution in [0.2, 0.25) is 22.2 Å². The molecule has 1 aromatic heterocycles. The van der Waals surface area contributed by atoms with Crippen molar-refractivity contribution in [3.05, 3.63) is 16.8 Å². The van der Waals surface area contributed by atoms with Crippen molar-refractivity contribution in [3.8, 4) is 0 Å². The van der Waals surface area contributed by atoms with Crippen LogP contribution in [0.1, 0.15) is 68.0 Å². The fourth-order valence-corrected chi connectivity index (χ4v) is 16.1. The number of anilines is 1. The first-order chi connectivity index (χ1) is 14.4. The van der Waals surface area contributed by atoms with Crippen LogP contribution < -0.4 is 11.4 Å². The molecule has 0 amide bonds. The molecule has 176 valence electrons. The SMILES string of the molecule is CC(C)[Si]1(C(C)C)OC[C@H]2O[C@@H](n3cnc(N)nc3=O)CC2O[Si](C(C)C)(C(C)C)O1. The number of nitrogen functional groups attached to an aromatic ring is 1. The van der Waals surface area contributed by atoms with Gasteiger partial charge in [0.25, 0.3) is 0 Å². The van der Waals surface area contributed by atoms with Gasteiger partial charge in [0.1, 0.15) is 18.7 Å². The number of aromatic nitrogens is 3. The summed E-state index contributed by atoms with van der Waals surface area (Å²) in [6.45, 7) is 17.9. The van der Waals surface area contributed by atoms with Crippen LogP contribution in [-0.2, 0) is 17.7 Å². The molecule has 31 heavy (non-hydrogen) atoms. The summed E-state index contributed by atoms with van der Waals surface area (Å²) < 4.78 is 28.5. The van der Waals surface area contributed by atoms with E-state index in [1.807, 2.05) is 0 Å². The van der Waals surface area contributed by atoms with Crippen LogP contribution in [0.25, 0.3) is 0 Å². The average molecular weight is 471 g/mol. The zero-order valence-corrected chi connectivity index (χ0v) is 22.0. The molecule has 3 rings (SSSR count). The van der Waals surface area contributed by atoms with Crippen molar-refractivity contribution in [1.82, 2.24) is 14.5 Å². The molecule has 0 saturated carbocycles. The summed E-state index contributed by atoms with van der Waals surface area (Å²) in [6.07, 6.45) is 0.869. The van der Waals surface area contributed by atoms with Crippen LogP contribution in [0.15, 0.2) is 11.1 Å². The lowest BCUT2D eigenvalue weighted by atomic mass is 10.2. The molecule has 2 N–H and O–H groups in total. The second kappa shape index (κ2) is 9.02. The van der Waals surface area contributed by atoms with Gasteiger partial charge < -0.3 is 23.4 Å². The Kier molecular flexibility index (Phi) is 7.14. The van der Waals surface area contributed by atoms with Gasteiger partial charge in [0.2, 0.25) is 5.95 Å². The van der Waals surface area contributed by atoms with Crippen molar-refractivity contribution in [2.45, 2.75) is 102 Å². The molecular formula is C20H38N4O5Si2. The van der Waals surface area contributed by atoms with Crippen LogP contribution in [-0.4, -0.2) is 50.5 Å². The van der Waals surface area contributed by atoms with Crippen LogP contribution >= 0.6 is 0 Å². The highest BCUT2D eigenvalue weighted by molar-refractivity contribution is 6.83. The summed E-state index contributed by atoms with van der Waals surface area (Å²) in [4.78, 5) is 20.1. The fourth-order valence-electron chi connectivity index (χ4n) is 4.86. The highest BCUT2D eigenvalue weighted by Crippen LogP contribution is 2.48. The molecule has 1 aromatic rings. The summed E-state index contributed by atoms with van der Waals surface area (Å²) in [5.41, 5.74) is 6.07. The number of rotatable bonds is 5. The zero-order valence-electron chi connectivity index (χ0n) is 20.0. The van der Waals surface area contributed by atoms with Gasteiger partial charge in [0, 0.05) is 6.42 Å². The topological polar surface area (TPSA) is 111 Å². The fraction of sp³-hybridized carbons (Fsp3) is 0.850. The molecule has 0 spiro atoms. The van der Waals surface area contributed by atoms with Crippen molar-refractivity contribution in [2.75, 3.05) is 12.3 Å². The van der Waals surface area contributed by atoms with E-state index in [0.717, 1.165) is 0 Å². The van der Waals surface area contributed by atoms with Gasteiger partial charge in [0.15, 0.2) is 0 Å². The maximum absolute atomic E-state index is 12.4. The standard InChI is InChI=1S/C20H38N4O5Si2/c1-12(2)30(13(3)4)26-10-17-16(28-31(29-30,14(5)6)15(7)8)9-18(27-17)24-11-22-19(21)23-20(24)25/h11-18H,9-10H2,1-8H3,(H2,21,23,25)/t16?,17-,18-/m1/s1. The lowest BCUT2D eigenvalue weighted by Crippen LogP contribution is -2.65. The number of ether oxygens (including phenoxy) is 1. The molecule has 1 unspecified atom stereocenters. The average Bonchev–Trinajstić information content (AvgIpc) is 3.02. The van der Waals surface area contributed by atoms with Crippen molar-refractivity contribution in [2.24, 2.45) is 0 Å². The van der Waals surface area contributed by atoms with Gasteiger partial charge in [-0.2, -0.15) is 4.98 Å². The number of nitrogens with zero attached hydrogens (tertiary/aromatic N) is 3. The van der Waals surface area contributed by atoms with Crippen molar-refractivity contribution < 1.29 is 17.7 Å². The highest BCUT2D eigenvalue weighted by Gasteiger charge is 2.60. The van der Waals surface area contributed by atoms with Gasteiger partial charge >= 0.3 is 22.8 Å². The van der Waals surface area contributed by atoms with Gasteiger partial charge in [-0.05, 0) is 22.2 Å². The normalized spacial score (nSPS) is 28.2. The lowest BCUT2D eigenvalue weighted by Gasteiger charge is -2.51. The summed E-state index contributed by atoms with van der Waals surface area (Å²) in [5, 5.41) is 0. The van der Waals surface area contributed by atoms with Crippen LogP contribution in [0.4, 0.5) is 5.95 Å². The minimum atomic E-state index is -2.70. The predicted molar refractivity (Wildman–Crippen MR) is 123 cm³/mol. The number of fused-ring (bicyclic) bond motifs is 1. The van der Waals surface area contributed by atoms with Crippen LogP contribution in [0, 0.1) is 0 Å². The maximum atomic E-state index is 12.4. The van der Waals surface area contributed by atoms with Crippen LogP contribution in [0.3, 0.4) is 0 Å². The smallest absolute Gasteiger partial charge is 0.354 e. The number of nitrogens with two attached hydrogens (primary N) is 1. The molecule has 3 heterocycles. The molecule has 3 atom stereocenters. The van der Waals surface area contributed by atoms with Crippen molar-refractivity contribution >= 4 is 23.1 Å². The minimum absolute atomic E-state index is 0.0473. The minimum Gasteiger partial charge on any atom is -0.414 e. The summed E-state index contributed by atoms with van der Waals surface area (Å²) in [6, 6.07) is 0. The van der Waals surface area contributed by atoms with Crippen LogP contribution in [0.5, 0.6) is 0 Å². The predicted octanol–water partition coefficient (Wildman–Crippen LogP) is 3.46. The quantitative estimate of drug-likeness (QED) is 0.651. The lowest BCUT2D eigenvalue weighted by molar-refractivity contribution is -0.0568. The van der Waals surface area contributed by atoms with E-state index in [4.69, 9.17) is 23.4 Å². The monoisotopic (exact) mass is 470 g/mol. The maximum Gasteiger partial charge on any atom is 0.354 e. The second-order valence-corrected chi connectivity index (χ2v) is 18.7. The first kappa shape index (κ1) is 24.5. The Bertz CT molecular complexity index is 816. The molecular weight excluding hydrogens is 432 g/mol. The van der Waals surface area contributed by atoms with Gasteiger partial charge in [-0.1, -0.05) is 55.4 Å². The summed E-state index contributed by atoms with van der Waals surface area (Å²) in [7, 11) is -5.32. The number of hydrogen-bond acceptors (Lipinski definition) is 8. The molecule has 9 nitrogen and oxygen atoms in total. The molecule has 2 fully saturated rings. The Morgan fingerprint density at radius 1 is 1.00 bits per heavy atom. The molecule has 2 saturated heterocycles. The Labute approximate surface area is 187 Å². The Morgan fingerprint density at radius 3 is 2.10 bits per heavy atom. The summed E-state index contributed by atoms with van der Waals surface area (Å²) >= 11 is 0. The van der Waals surface area contributed by atoms with E-state index >= 15 is 0 Å². The molecule has 2 aliphatic heterocycles. The van der Waals surface area contributed by atoms with Gasteiger partial charge in [0.05, 0.1) is 12.7 Å². The van der Waals surface area contributed by atoms with E-state index in [1.54, 1.807) is 0 Å². The van der Waals surface area contributed by atoms with E-state index in [-0.39, 0.29) is 40.3 Å². The van der Waals surface area contributed by atoms with Crippen molar-refractivity contribution in [3.63, 3.8) is 0 Å². The molecule has 11 heteroatoms. The molecule has 0 aliphatic carbocycles. The Morgan fingerprint density at radius 2 is 1.58 bits per heavy atom. The van der Waals surface area contributed by atoms with E-state index in [1.165, 1.54) is 10.9 Å². The van der Waals surface area contributed by atoms with E-state index in [0.29, 0.717) is 13.0 Å². The third-order valence-corrected chi connectivity index (χ3v) is 16.9. The first-order valence-corrected chi connectivity index (χ1v) is 15.2. The Balaban J connectivity index is 2.01. The van der Waals surface area contributed by atoms with Gasteiger partial charge in [-0.3, -0.25) is 4.57 Å². The van der Waals surface area contributed by atoms with Crippen molar-refractivity contribution in [1.29, 1.82) is 0 Å². The second-order valence-electron chi connectivity index (χ2n) is 9.90. The first-order valence-electron chi connectivity index (χ1n) is 11.3.